The van der Waals surface area contributed by atoms with Crippen molar-refractivity contribution in [1.82, 2.24) is 19.9 Å². The van der Waals surface area contributed by atoms with Crippen molar-refractivity contribution >= 4 is 61.5 Å². The fourth-order valence-corrected chi connectivity index (χ4v) is 3.94. The number of benzene rings is 1. The summed E-state index contributed by atoms with van der Waals surface area (Å²) in [7, 11) is 0. The molecule has 0 saturated carbocycles. The average molecular weight is 417 g/mol. The molecule has 4 rings (SSSR count). The maximum Gasteiger partial charge on any atom is 0.185 e. The van der Waals surface area contributed by atoms with Crippen LogP contribution in [0.2, 0.25) is 10.0 Å². The summed E-state index contributed by atoms with van der Waals surface area (Å²) >= 11 is 13.9. The van der Waals surface area contributed by atoms with Crippen LogP contribution in [-0.4, -0.2) is 19.9 Å². The third-order valence-electron chi connectivity index (χ3n) is 3.77. The van der Waals surface area contributed by atoms with Gasteiger partial charge in [0.25, 0.3) is 0 Å². The van der Waals surface area contributed by atoms with E-state index < -0.39 is 0 Å². The normalized spacial score (nSPS) is 10.9. The third kappa shape index (κ3) is 3.95. The van der Waals surface area contributed by atoms with Crippen LogP contribution in [0.25, 0.3) is 10.3 Å². The number of hydrogen-bond acceptors (Lipinski definition) is 7. The van der Waals surface area contributed by atoms with E-state index in [4.69, 9.17) is 23.2 Å². The maximum atomic E-state index is 6.23. The van der Waals surface area contributed by atoms with Gasteiger partial charge in [-0.05, 0) is 31.2 Å². The van der Waals surface area contributed by atoms with E-state index in [-0.39, 0.29) is 0 Å². The predicted octanol–water partition coefficient (Wildman–Crippen LogP) is 5.45. The van der Waals surface area contributed by atoms with E-state index in [1.165, 1.54) is 11.3 Å². The molecule has 2 N–H and O–H groups in total. The molecule has 0 amide bonds. The van der Waals surface area contributed by atoms with E-state index in [2.05, 4.69) is 30.6 Å². The Morgan fingerprint density at radius 3 is 2.59 bits per heavy atom. The van der Waals surface area contributed by atoms with Gasteiger partial charge in [-0.25, -0.2) is 15.0 Å². The van der Waals surface area contributed by atoms with Gasteiger partial charge in [0.15, 0.2) is 15.8 Å². The van der Waals surface area contributed by atoms with Gasteiger partial charge in [-0.1, -0.05) is 40.6 Å². The summed E-state index contributed by atoms with van der Waals surface area (Å²) < 4.78 is 0. The van der Waals surface area contributed by atoms with E-state index in [9.17, 15) is 0 Å². The molecule has 6 nitrogen and oxygen atoms in total. The molecule has 0 fully saturated rings. The molecule has 0 saturated heterocycles. The highest BCUT2D eigenvalue weighted by Gasteiger charge is 2.13. The zero-order valence-corrected chi connectivity index (χ0v) is 16.5. The average Bonchev–Trinajstić information content (AvgIpc) is 3.05. The Morgan fingerprint density at radius 1 is 1.04 bits per heavy atom. The molecule has 4 aromatic rings. The van der Waals surface area contributed by atoms with E-state index in [1.54, 1.807) is 12.4 Å². The van der Waals surface area contributed by atoms with Gasteiger partial charge in [0.1, 0.15) is 11.3 Å². The van der Waals surface area contributed by atoms with E-state index in [0.717, 1.165) is 21.2 Å². The molecule has 27 heavy (non-hydrogen) atoms. The van der Waals surface area contributed by atoms with Crippen LogP contribution in [-0.2, 0) is 6.54 Å². The molecule has 0 aliphatic rings. The minimum absolute atomic E-state index is 0.468. The minimum atomic E-state index is 0.468. The Morgan fingerprint density at radius 2 is 1.85 bits per heavy atom. The van der Waals surface area contributed by atoms with Gasteiger partial charge in [-0.3, -0.25) is 4.98 Å². The van der Waals surface area contributed by atoms with Gasteiger partial charge in [-0.2, -0.15) is 0 Å². The summed E-state index contributed by atoms with van der Waals surface area (Å²) in [4.78, 5) is 18.5. The number of nitrogens with zero attached hydrogens (tertiary/aromatic N) is 4. The number of halogens is 2. The zero-order chi connectivity index (χ0) is 18.8. The molecule has 0 atom stereocenters. The van der Waals surface area contributed by atoms with Gasteiger partial charge >= 0.3 is 0 Å². The molecule has 136 valence electrons. The third-order valence-corrected chi connectivity index (χ3v) is 5.39. The SMILES string of the molecule is Cc1nc(Nc2cccnc2)c2nc(NCc3c(Cl)cccc3Cl)sc2n1. The molecule has 3 heterocycles. The first-order valence-corrected chi connectivity index (χ1v) is 9.66. The van der Waals surface area contributed by atoms with E-state index in [1.807, 2.05) is 37.3 Å². The number of aryl methyl sites for hydroxylation is 1. The Kier molecular flexibility index (Phi) is 5.07. The number of nitrogens with one attached hydrogen (secondary N) is 2. The Labute approximate surface area is 169 Å². The summed E-state index contributed by atoms with van der Waals surface area (Å²) in [6.07, 6.45) is 3.45. The lowest BCUT2D eigenvalue weighted by molar-refractivity contribution is 1.09. The lowest BCUT2D eigenvalue weighted by Gasteiger charge is -2.07. The predicted molar refractivity (Wildman–Crippen MR) is 111 cm³/mol. The number of hydrogen-bond donors (Lipinski definition) is 2. The molecule has 0 aliphatic carbocycles. The first-order valence-electron chi connectivity index (χ1n) is 8.09. The van der Waals surface area contributed by atoms with E-state index in [0.29, 0.717) is 33.7 Å². The van der Waals surface area contributed by atoms with Crippen LogP contribution in [0, 0.1) is 6.92 Å². The first-order chi connectivity index (χ1) is 13.1. The van der Waals surface area contributed by atoms with Gasteiger partial charge in [0, 0.05) is 28.4 Å². The van der Waals surface area contributed by atoms with Gasteiger partial charge in [-0.15, -0.1) is 0 Å². The van der Waals surface area contributed by atoms with Crippen molar-refractivity contribution in [2.75, 3.05) is 10.6 Å². The number of thiazole rings is 1. The van der Waals surface area contributed by atoms with Crippen LogP contribution in [0.4, 0.5) is 16.6 Å². The molecular formula is C18H14Cl2N6S. The van der Waals surface area contributed by atoms with Crippen LogP contribution in [0.15, 0.2) is 42.7 Å². The highest BCUT2D eigenvalue weighted by atomic mass is 35.5. The highest BCUT2D eigenvalue weighted by Crippen LogP contribution is 2.31. The van der Waals surface area contributed by atoms with Crippen molar-refractivity contribution < 1.29 is 0 Å². The maximum absolute atomic E-state index is 6.23. The molecule has 0 bridgehead atoms. The second-order valence-corrected chi connectivity index (χ2v) is 7.50. The fraction of sp³-hybridized carbons (Fsp3) is 0.111. The standard InChI is InChI=1S/C18H14Cl2N6S/c1-10-23-16(25-11-4-3-7-21-8-11)15-17(24-10)27-18(26-15)22-9-12-13(19)5-2-6-14(12)20/h2-8H,9H2,1H3,(H,22,26)(H,23,24,25). The number of pyridine rings is 1. The van der Waals surface area contributed by atoms with Crippen molar-refractivity contribution in [1.29, 1.82) is 0 Å². The quantitative estimate of drug-likeness (QED) is 0.450. The van der Waals surface area contributed by atoms with Crippen molar-refractivity contribution in [3.63, 3.8) is 0 Å². The smallest absolute Gasteiger partial charge is 0.185 e. The second-order valence-electron chi connectivity index (χ2n) is 5.71. The van der Waals surface area contributed by atoms with Gasteiger partial charge < -0.3 is 10.6 Å². The summed E-state index contributed by atoms with van der Waals surface area (Å²) in [5, 5.41) is 8.48. The van der Waals surface area contributed by atoms with Crippen LogP contribution < -0.4 is 10.6 Å². The fourth-order valence-electron chi connectivity index (χ4n) is 2.53. The van der Waals surface area contributed by atoms with Crippen molar-refractivity contribution in [2.24, 2.45) is 0 Å². The first kappa shape index (κ1) is 17.9. The minimum Gasteiger partial charge on any atom is -0.357 e. The van der Waals surface area contributed by atoms with Crippen LogP contribution in [0.1, 0.15) is 11.4 Å². The second kappa shape index (κ2) is 7.64. The van der Waals surface area contributed by atoms with Crippen LogP contribution in [0.3, 0.4) is 0 Å². The van der Waals surface area contributed by atoms with E-state index >= 15 is 0 Å². The zero-order valence-electron chi connectivity index (χ0n) is 14.2. The molecular weight excluding hydrogens is 403 g/mol. The summed E-state index contributed by atoms with van der Waals surface area (Å²) in [6.45, 7) is 2.32. The summed E-state index contributed by atoms with van der Waals surface area (Å²) in [5.74, 6) is 1.31. The number of fused-ring (bicyclic) bond motifs is 1. The van der Waals surface area contributed by atoms with Crippen LogP contribution >= 0.6 is 34.5 Å². The topological polar surface area (TPSA) is 75.6 Å². The highest BCUT2D eigenvalue weighted by molar-refractivity contribution is 7.21. The van der Waals surface area contributed by atoms with Gasteiger partial charge in [0.2, 0.25) is 0 Å². The van der Waals surface area contributed by atoms with Crippen molar-refractivity contribution in [3.8, 4) is 0 Å². The number of anilines is 3. The number of rotatable bonds is 5. The number of aromatic nitrogens is 4. The molecule has 0 aliphatic heterocycles. The van der Waals surface area contributed by atoms with Gasteiger partial charge in [0.05, 0.1) is 11.9 Å². The monoisotopic (exact) mass is 416 g/mol. The van der Waals surface area contributed by atoms with Crippen molar-refractivity contribution in [2.45, 2.75) is 13.5 Å². The molecule has 0 radical (unpaired) electrons. The Balaban J connectivity index is 1.63. The summed E-state index contributed by atoms with van der Waals surface area (Å²) in [5.41, 5.74) is 2.36. The molecule has 0 spiro atoms. The molecule has 3 aromatic heterocycles. The van der Waals surface area contributed by atoms with Crippen LogP contribution in [0.5, 0.6) is 0 Å². The molecule has 9 heteroatoms. The largest absolute Gasteiger partial charge is 0.357 e. The molecule has 0 unspecified atom stereocenters. The Bertz CT molecular complexity index is 1080. The Hall–Kier alpha value is -2.48. The lowest BCUT2D eigenvalue weighted by Crippen LogP contribution is -2.01. The summed E-state index contributed by atoms with van der Waals surface area (Å²) in [6, 6.07) is 9.22. The lowest BCUT2D eigenvalue weighted by atomic mass is 10.2. The molecule has 1 aromatic carbocycles. The van der Waals surface area contributed by atoms with Crippen molar-refractivity contribution in [3.05, 3.63) is 64.2 Å².